The lowest BCUT2D eigenvalue weighted by molar-refractivity contribution is 0.248. The molecule has 2 aromatic rings. The van der Waals surface area contributed by atoms with Crippen molar-refractivity contribution in [2.75, 3.05) is 12.4 Å². The fraction of sp³-hybridized carbons (Fsp3) is 0.278. The molecule has 0 aromatic heterocycles. The van der Waals surface area contributed by atoms with E-state index in [-0.39, 0.29) is 12.1 Å². The normalized spacial score (nSPS) is 11.7. The molecule has 0 aliphatic heterocycles. The van der Waals surface area contributed by atoms with Crippen LogP contribution in [-0.2, 0) is 0 Å². The van der Waals surface area contributed by atoms with Gasteiger partial charge in [-0.25, -0.2) is 4.79 Å². The molecule has 2 aromatic carbocycles. The number of hydrogen-bond donors (Lipinski definition) is 2. The van der Waals surface area contributed by atoms with Crippen LogP contribution < -0.4 is 15.4 Å². The summed E-state index contributed by atoms with van der Waals surface area (Å²) in [5.74, 6) is 0.840. The standard InChI is InChI=1S/C18H21ClN2O2/c1-4-16(13-8-9-17(23-3)12(2)10-13)21-18(22)20-15-7-5-6-14(19)11-15/h5-11,16H,4H2,1-3H3,(H2,20,21,22)/t16-/m0/s1. The van der Waals surface area contributed by atoms with Crippen LogP contribution in [-0.4, -0.2) is 13.1 Å². The molecular formula is C18H21ClN2O2. The maximum atomic E-state index is 12.2. The van der Waals surface area contributed by atoms with Gasteiger partial charge < -0.3 is 15.4 Å². The van der Waals surface area contributed by atoms with Gasteiger partial charge in [-0.1, -0.05) is 36.7 Å². The van der Waals surface area contributed by atoms with Crippen molar-refractivity contribution in [1.29, 1.82) is 0 Å². The Hall–Kier alpha value is -2.20. The van der Waals surface area contributed by atoms with E-state index >= 15 is 0 Å². The number of aryl methyl sites for hydroxylation is 1. The van der Waals surface area contributed by atoms with E-state index < -0.39 is 0 Å². The van der Waals surface area contributed by atoms with Crippen LogP contribution in [0.15, 0.2) is 42.5 Å². The van der Waals surface area contributed by atoms with E-state index in [1.807, 2.05) is 32.0 Å². The van der Waals surface area contributed by atoms with Gasteiger partial charge >= 0.3 is 6.03 Å². The number of amides is 2. The van der Waals surface area contributed by atoms with Crippen molar-refractivity contribution in [1.82, 2.24) is 5.32 Å². The zero-order valence-electron chi connectivity index (χ0n) is 13.5. The van der Waals surface area contributed by atoms with Crippen LogP contribution in [0.5, 0.6) is 5.75 Å². The van der Waals surface area contributed by atoms with E-state index in [1.54, 1.807) is 31.4 Å². The molecule has 0 heterocycles. The quantitative estimate of drug-likeness (QED) is 0.815. The molecule has 0 saturated carbocycles. The molecule has 0 fully saturated rings. The summed E-state index contributed by atoms with van der Waals surface area (Å²) in [4.78, 5) is 12.2. The number of hydrogen-bond acceptors (Lipinski definition) is 2. The Morgan fingerprint density at radius 3 is 2.65 bits per heavy atom. The second-order valence-electron chi connectivity index (χ2n) is 5.30. The lowest BCUT2D eigenvalue weighted by Crippen LogP contribution is -2.32. The van der Waals surface area contributed by atoms with E-state index in [0.29, 0.717) is 10.7 Å². The number of nitrogens with one attached hydrogen (secondary N) is 2. The SMILES string of the molecule is CC[C@H](NC(=O)Nc1cccc(Cl)c1)c1ccc(OC)c(C)c1. The molecule has 0 unspecified atom stereocenters. The smallest absolute Gasteiger partial charge is 0.319 e. The van der Waals surface area contributed by atoms with Gasteiger partial charge in [-0.15, -0.1) is 0 Å². The van der Waals surface area contributed by atoms with E-state index in [2.05, 4.69) is 10.6 Å². The molecule has 2 rings (SSSR count). The highest BCUT2D eigenvalue weighted by Gasteiger charge is 2.14. The van der Waals surface area contributed by atoms with Crippen LogP contribution in [0.1, 0.15) is 30.5 Å². The third-order valence-corrected chi connectivity index (χ3v) is 3.85. The number of carbonyl (C=O) groups is 1. The molecule has 2 N–H and O–H groups in total. The third kappa shape index (κ3) is 4.63. The van der Waals surface area contributed by atoms with Gasteiger partial charge in [-0.2, -0.15) is 0 Å². The molecule has 5 heteroatoms. The average Bonchev–Trinajstić information content (AvgIpc) is 2.52. The molecule has 1 atom stereocenters. The molecule has 0 aliphatic carbocycles. The predicted molar refractivity (Wildman–Crippen MR) is 94.4 cm³/mol. The van der Waals surface area contributed by atoms with Crippen molar-refractivity contribution in [3.8, 4) is 5.75 Å². The van der Waals surface area contributed by atoms with Gasteiger partial charge in [-0.05, 0) is 48.7 Å². The van der Waals surface area contributed by atoms with E-state index in [9.17, 15) is 4.79 Å². The van der Waals surface area contributed by atoms with Gasteiger partial charge in [0.05, 0.1) is 13.2 Å². The van der Waals surface area contributed by atoms with Gasteiger partial charge in [0, 0.05) is 10.7 Å². The summed E-state index contributed by atoms with van der Waals surface area (Å²) in [6, 6.07) is 12.7. The minimum atomic E-state index is -0.257. The molecule has 122 valence electrons. The number of anilines is 1. The van der Waals surface area contributed by atoms with Crippen LogP contribution in [0.2, 0.25) is 5.02 Å². The Morgan fingerprint density at radius 2 is 2.04 bits per heavy atom. The molecule has 23 heavy (non-hydrogen) atoms. The first-order chi connectivity index (χ1) is 11.0. The van der Waals surface area contributed by atoms with E-state index in [0.717, 1.165) is 23.3 Å². The summed E-state index contributed by atoms with van der Waals surface area (Å²) in [5.41, 5.74) is 2.75. The number of benzene rings is 2. The highest BCUT2D eigenvalue weighted by atomic mass is 35.5. The summed E-state index contributed by atoms with van der Waals surface area (Å²) in [5, 5.41) is 6.36. The summed E-state index contributed by atoms with van der Waals surface area (Å²) in [6.45, 7) is 4.02. The number of halogens is 1. The highest BCUT2D eigenvalue weighted by Crippen LogP contribution is 2.24. The van der Waals surface area contributed by atoms with Gasteiger partial charge in [0.1, 0.15) is 5.75 Å². The largest absolute Gasteiger partial charge is 0.496 e. The maximum absolute atomic E-state index is 12.2. The minimum Gasteiger partial charge on any atom is -0.496 e. The molecule has 0 radical (unpaired) electrons. The fourth-order valence-electron chi connectivity index (χ4n) is 2.43. The summed E-state index contributed by atoms with van der Waals surface area (Å²) in [7, 11) is 1.65. The first-order valence-electron chi connectivity index (χ1n) is 7.51. The highest BCUT2D eigenvalue weighted by molar-refractivity contribution is 6.30. The molecule has 0 aliphatic rings. The van der Waals surface area contributed by atoms with Crippen molar-refractivity contribution in [3.05, 3.63) is 58.6 Å². The van der Waals surface area contributed by atoms with Crippen molar-refractivity contribution in [2.24, 2.45) is 0 Å². The Bertz CT molecular complexity index is 688. The van der Waals surface area contributed by atoms with Gasteiger partial charge in [0.25, 0.3) is 0 Å². The first kappa shape index (κ1) is 17.2. The third-order valence-electron chi connectivity index (χ3n) is 3.62. The number of methoxy groups -OCH3 is 1. The Morgan fingerprint density at radius 1 is 1.26 bits per heavy atom. The molecular weight excluding hydrogens is 312 g/mol. The van der Waals surface area contributed by atoms with Gasteiger partial charge in [0.15, 0.2) is 0 Å². The number of rotatable bonds is 5. The lowest BCUT2D eigenvalue weighted by atomic mass is 10.0. The predicted octanol–water partition coefficient (Wildman–Crippen LogP) is 4.93. The lowest BCUT2D eigenvalue weighted by Gasteiger charge is -2.19. The summed E-state index contributed by atoms with van der Waals surface area (Å²) >= 11 is 5.92. The van der Waals surface area contributed by atoms with Crippen molar-refractivity contribution < 1.29 is 9.53 Å². The minimum absolute atomic E-state index is 0.0706. The van der Waals surface area contributed by atoms with Crippen LogP contribution in [0.4, 0.5) is 10.5 Å². The fourth-order valence-corrected chi connectivity index (χ4v) is 2.62. The van der Waals surface area contributed by atoms with E-state index in [1.165, 1.54) is 0 Å². The first-order valence-corrected chi connectivity index (χ1v) is 7.89. The molecule has 0 spiro atoms. The second kappa shape index (κ2) is 7.88. The Balaban J connectivity index is 2.06. The van der Waals surface area contributed by atoms with Crippen LogP contribution >= 0.6 is 11.6 Å². The Labute approximate surface area is 141 Å². The van der Waals surface area contributed by atoms with Crippen molar-refractivity contribution in [3.63, 3.8) is 0 Å². The number of ether oxygens (including phenoxy) is 1. The Kier molecular flexibility index (Phi) is 5.88. The summed E-state index contributed by atoms with van der Waals surface area (Å²) < 4.78 is 5.27. The van der Waals surface area contributed by atoms with Gasteiger partial charge in [0.2, 0.25) is 0 Å². The van der Waals surface area contributed by atoms with Crippen molar-refractivity contribution in [2.45, 2.75) is 26.3 Å². The van der Waals surface area contributed by atoms with Crippen LogP contribution in [0.3, 0.4) is 0 Å². The van der Waals surface area contributed by atoms with Crippen LogP contribution in [0.25, 0.3) is 0 Å². The zero-order chi connectivity index (χ0) is 16.8. The monoisotopic (exact) mass is 332 g/mol. The number of carbonyl (C=O) groups excluding carboxylic acids is 1. The summed E-state index contributed by atoms with van der Waals surface area (Å²) in [6.07, 6.45) is 0.786. The molecule has 4 nitrogen and oxygen atoms in total. The zero-order valence-corrected chi connectivity index (χ0v) is 14.3. The maximum Gasteiger partial charge on any atom is 0.319 e. The average molecular weight is 333 g/mol. The topological polar surface area (TPSA) is 50.4 Å². The number of urea groups is 1. The van der Waals surface area contributed by atoms with Gasteiger partial charge in [-0.3, -0.25) is 0 Å². The van der Waals surface area contributed by atoms with Crippen molar-refractivity contribution >= 4 is 23.3 Å². The van der Waals surface area contributed by atoms with Crippen LogP contribution in [0, 0.1) is 6.92 Å². The molecule has 2 amide bonds. The molecule has 0 saturated heterocycles. The molecule has 0 bridgehead atoms. The second-order valence-corrected chi connectivity index (χ2v) is 5.74. The van der Waals surface area contributed by atoms with E-state index in [4.69, 9.17) is 16.3 Å².